The zero-order chi connectivity index (χ0) is 27.5. The normalized spacial score (nSPS) is 13.3. The monoisotopic (exact) mass is 508 g/mol. The number of rotatable bonds is 9. The van der Waals surface area contributed by atoms with Crippen LogP contribution in [-0.4, -0.2) is 25.3 Å². The number of aromatic nitrogens is 2. The minimum absolute atomic E-state index is 0.0684. The molecule has 2 heterocycles. The Morgan fingerprint density at radius 2 is 1.24 bits per heavy atom. The molecule has 37 heavy (non-hydrogen) atoms. The van der Waals surface area contributed by atoms with Crippen LogP contribution in [0.4, 0.5) is 0 Å². The van der Waals surface area contributed by atoms with Gasteiger partial charge in [-0.1, -0.05) is 71.9 Å². The Balaban J connectivity index is 0.000000281. The van der Waals surface area contributed by atoms with Crippen molar-refractivity contribution < 1.29 is 20.1 Å². The summed E-state index contributed by atoms with van der Waals surface area (Å²) in [5, 5.41) is 29.8. The van der Waals surface area contributed by atoms with Crippen molar-refractivity contribution in [3.8, 4) is 11.5 Å². The Labute approximate surface area is 222 Å². The molecule has 1 aromatic carbocycles. The second-order valence-electron chi connectivity index (χ2n) is 11.9. The number of nitrogens with zero attached hydrogens (tertiary/aromatic N) is 2. The quantitative estimate of drug-likeness (QED) is 0.284. The third-order valence-corrected chi connectivity index (χ3v) is 5.94. The van der Waals surface area contributed by atoms with Crippen LogP contribution in [-0.2, 0) is 6.61 Å². The van der Waals surface area contributed by atoms with Crippen LogP contribution >= 0.6 is 0 Å². The molecule has 6 nitrogen and oxygen atoms in total. The molecular formula is C31H44N2O4. The Hall–Kier alpha value is -2.96. The molecule has 2 unspecified atom stereocenters. The second kappa shape index (κ2) is 14.1. The van der Waals surface area contributed by atoms with Crippen molar-refractivity contribution in [3.63, 3.8) is 0 Å². The van der Waals surface area contributed by atoms with Crippen molar-refractivity contribution in [1.29, 1.82) is 0 Å². The molecule has 0 aliphatic carbocycles. The van der Waals surface area contributed by atoms with Gasteiger partial charge in [0.2, 0.25) is 0 Å². The van der Waals surface area contributed by atoms with Gasteiger partial charge in [-0.2, -0.15) is 0 Å². The molecule has 0 fully saturated rings. The molecule has 0 spiro atoms. The van der Waals surface area contributed by atoms with Crippen molar-refractivity contribution in [1.82, 2.24) is 9.97 Å². The van der Waals surface area contributed by atoms with Crippen molar-refractivity contribution in [2.45, 2.75) is 86.0 Å². The summed E-state index contributed by atoms with van der Waals surface area (Å²) in [5.74, 6) is 0.728. The molecule has 2 atom stereocenters. The molecule has 3 aromatic rings. The first-order chi connectivity index (χ1) is 17.4. The Kier molecular flexibility index (Phi) is 11.5. The zero-order valence-corrected chi connectivity index (χ0v) is 23.2. The van der Waals surface area contributed by atoms with Gasteiger partial charge in [-0.25, -0.2) is 0 Å². The van der Waals surface area contributed by atoms with Gasteiger partial charge >= 0.3 is 0 Å². The number of hydrogen-bond acceptors (Lipinski definition) is 6. The van der Waals surface area contributed by atoms with Gasteiger partial charge in [-0.3, -0.25) is 9.97 Å². The molecule has 3 N–H and O–H groups in total. The minimum Gasteiger partial charge on any atom is -0.506 e. The Morgan fingerprint density at radius 3 is 1.78 bits per heavy atom. The lowest BCUT2D eigenvalue weighted by Gasteiger charge is -2.21. The highest BCUT2D eigenvalue weighted by atomic mass is 16.5. The van der Waals surface area contributed by atoms with Crippen LogP contribution in [0, 0.1) is 10.8 Å². The summed E-state index contributed by atoms with van der Waals surface area (Å²) in [7, 11) is 0. The lowest BCUT2D eigenvalue weighted by atomic mass is 9.88. The van der Waals surface area contributed by atoms with Crippen molar-refractivity contribution >= 4 is 0 Å². The summed E-state index contributed by atoms with van der Waals surface area (Å²) >= 11 is 0. The standard InChI is InChI=1S/C19H25NO2.C12H19NO2/c1-19(2,3)11-9-17(21)16-10-12-20-13-18(16)22-14-15-7-5-4-6-8-15;1-12(2,3)6-4-10(14)9-5-7-13-8-11(9)15/h4-8,10,12-13,17,21H,9,11,14H2,1-3H3;5,7-8,10,14-15H,4,6H2,1-3H3. The number of ether oxygens (including phenoxy) is 1. The maximum Gasteiger partial charge on any atom is 0.143 e. The predicted octanol–water partition coefficient (Wildman–Crippen LogP) is 7.17. The number of benzene rings is 1. The van der Waals surface area contributed by atoms with Gasteiger partial charge in [0.15, 0.2) is 0 Å². The van der Waals surface area contributed by atoms with E-state index in [1.165, 1.54) is 6.20 Å². The van der Waals surface area contributed by atoms with E-state index in [1.54, 1.807) is 24.7 Å². The van der Waals surface area contributed by atoms with Gasteiger partial charge < -0.3 is 20.1 Å². The summed E-state index contributed by atoms with van der Waals surface area (Å²) in [6.07, 6.45) is 8.43. The molecule has 3 rings (SSSR count). The number of aliphatic hydroxyl groups excluding tert-OH is 2. The number of pyridine rings is 2. The fourth-order valence-electron chi connectivity index (χ4n) is 3.65. The van der Waals surface area contributed by atoms with E-state index in [1.807, 2.05) is 36.4 Å². The first-order valence-electron chi connectivity index (χ1n) is 13.0. The molecule has 0 saturated carbocycles. The third kappa shape index (κ3) is 11.8. The third-order valence-electron chi connectivity index (χ3n) is 5.94. The topological polar surface area (TPSA) is 95.7 Å². The van der Waals surface area contributed by atoms with Crippen molar-refractivity contribution in [2.75, 3.05) is 0 Å². The summed E-state index contributed by atoms with van der Waals surface area (Å²) in [6.45, 7) is 13.4. The van der Waals surface area contributed by atoms with Gasteiger partial charge in [-0.15, -0.1) is 0 Å². The van der Waals surface area contributed by atoms with Gasteiger partial charge in [0, 0.05) is 23.5 Å². The Bertz CT molecular complexity index is 1060. The van der Waals surface area contributed by atoms with E-state index in [2.05, 4.69) is 51.5 Å². The summed E-state index contributed by atoms with van der Waals surface area (Å²) in [4.78, 5) is 7.89. The molecule has 6 heteroatoms. The molecule has 2 aromatic heterocycles. The van der Waals surface area contributed by atoms with E-state index in [0.717, 1.165) is 30.4 Å². The van der Waals surface area contributed by atoms with Gasteiger partial charge in [-0.05, 0) is 54.2 Å². The second-order valence-corrected chi connectivity index (χ2v) is 11.9. The smallest absolute Gasteiger partial charge is 0.143 e. The van der Waals surface area contributed by atoms with Crippen LogP contribution in [0.25, 0.3) is 0 Å². The van der Waals surface area contributed by atoms with Crippen LogP contribution < -0.4 is 4.74 Å². The Morgan fingerprint density at radius 1 is 0.730 bits per heavy atom. The fourth-order valence-corrected chi connectivity index (χ4v) is 3.65. The molecule has 0 aliphatic heterocycles. The molecule has 0 amide bonds. The molecular weight excluding hydrogens is 464 g/mol. The lowest BCUT2D eigenvalue weighted by molar-refractivity contribution is 0.142. The fraction of sp³-hybridized carbons (Fsp3) is 0.484. The van der Waals surface area contributed by atoms with Crippen molar-refractivity contribution in [2.24, 2.45) is 10.8 Å². The van der Waals surface area contributed by atoms with Gasteiger partial charge in [0.1, 0.15) is 18.1 Å². The largest absolute Gasteiger partial charge is 0.506 e. The zero-order valence-electron chi connectivity index (χ0n) is 23.2. The van der Waals surface area contributed by atoms with E-state index >= 15 is 0 Å². The van der Waals surface area contributed by atoms with Crippen LogP contribution in [0.1, 0.15) is 96.1 Å². The average Bonchev–Trinajstić information content (AvgIpc) is 2.85. The van der Waals surface area contributed by atoms with Gasteiger partial charge in [0.25, 0.3) is 0 Å². The summed E-state index contributed by atoms with van der Waals surface area (Å²) < 4.78 is 5.85. The van der Waals surface area contributed by atoms with E-state index in [-0.39, 0.29) is 16.6 Å². The average molecular weight is 509 g/mol. The van der Waals surface area contributed by atoms with Crippen LogP contribution in [0.15, 0.2) is 67.3 Å². The first-order valence-corrected chi connectivity index (χ1v) is 13.0. The molecule has 0 aliphatic rings. The summed E-state index contributed by atoms with van der Waals surface area (Å²) in [6, 6.07) is 13.5. The van der Waals surface area contributed by atoms with Gasteiger partial charge in [0.05, 0.1) is 24.6 Å². The van der Waals surface area contributed by atoms with Crippen LogP contribution in [0.2, 0.25) is 0 Å². The molecule has 202 valence electrons. The molecule has 0 bridgehead atoms. The predicted molar refractivity (Wildman–Crippen MR) is 148 cm³/mol. The molecule has 0 saturated heterocycles. The first kappa shape index (κ1) is 30.3. The summed E-state index contributed by atoms with van der Waals surface area (Å²) in [5.41, 5.74) is 2.88. The van der Waals surface area contributed by atoms with E-state index in [0.29, 0.717) is 24.3 Å². The van der Waals surface area contributed by atoms with Crippen molar-refractivity contribution in [3.05, 3.63) is 83.9 Å². The number of hydrogen-bond donors (Lipinski definition) is 3. The minimum atomic E-state index is -0.604. The number of aromatic hydroxyl groups is 1. The molecule has 0 radical (unpaired) electrons. The highest BCUT2D eigenvalue weighted by Crippen LogP contribution is 2.32. The van der Waals surface area contributed by atoms with Crippen LogP contribution in [0.3, 0.4) is 0 Å². The van der Waals surface area contributed by atoms with E-state index in [4.69, 9.17) is 4.74 Å². The number of aliphatic hydroxyl groups is 2. The maximum atomic E-state index is 10.5. The maximum absolute atomic E-state index is 10.5. The highest BCUT2D eigenvalue weighted by Gasteiger charge is 2.18. The van der Waals surface area contributed by atoms with E-state index in [9.17, 15) is 15.3 Å². The highest BCUT2D eigenvalue weighted by molar-refractivity contribution is 5.32. The van der Waals surface area contributed by atoms with E-state index < -0.39 is 12.2 Å². The lowest BCUT2D eigenvalue weighted by Crippen LogP contribution is -2.09. The van der Waals surface area contributed by atoms with Crippen LogP contribution in [0.5, 0.6) is 11.5 Å². The SMILES string of the molecule is CC(C)(C)CCC(O)c1ccncc1O.CC(C)(C)CCC(O)c1ccncc1OCc1ccccc1.